The van der Waals surface area contributed by atoms with Gasteiger partial charge in [0.15, 0.2) is 17.3 Å². The lowest BCUT2D eigenvalue weighted by atomic mass is 10.2. The van der Waals surface area contributed by atoms with Crippen LogP contribution in [-0.2, 0) is 6.54 Å². The van der Waals surface area contributed by atoms with Gasteiger partial charge in [-0.1, -0.05) is 17.7 Å². The summed E-state index contributed by atoms with van der Waals surface area (Å²) in [4.78, 5) is 0. The molecule has 2 aromatic carbocycles. The summed E-state index contributed by atoms with van der Waals surface area (Å²) in [6.45, 7) is 0.484. The van der Waals surface area contributed by atoms with Crippen molar-refractivity contribution in [2.24, 2.45) is 0 Å². The predicted octanol–water partition coefficient (Wildman–Crippen LogP) is 4.01. The van der Waals surface area contributed by atoms with E-state index < -0.39 is 0 Å². The molecule has 9 heteroatoms. The number of nitrogens with zero attached hydrogens (tertiary/aromatic N) is 5. The molecule has 0 amide bonds. The molecule has 0 radical (unpaired) electrons. The third-order valence-corrected chi connectivity index (χ3v) is 4.55. The summed E-state index contributed by atoms with van der Waals surface area (Å²) in [5.74, 6) is 1.38. The zero-order chi connectivity index (χ0) is 18.9. The number of aromatic nitrogens is 6. The highest BCUT2D eigenvalue weighted by atomic mass is 35.5. The Morgan fingerprint density at radius 2 is 1.96 bits per heavy atom. The van der Waals surface area contributed by atoms with E-state index in [-0.39, 0.29) is 0 Å². The molecule has 3 N–H and O–H groups in total. The molecule has 0 unspecified atom stereocenters. The molecule has 0 atom stereocenters. The van der Waals surface area contributed by atoms with Crippen LogP contribution in [0.2, 0.25) is 5.02 Å². The maximum Gasteiger partial charge on any atom is 0.178 e. The Morgan fingerprint density at radius 1 is 1.00 bits per heavy atom. The Kier molecular flexibility index (Phi) is 4.02. The number of anilines is 3. The van der Waals surface area contributed by atoms with Crippen LogP contribution < -0.4 is 10.6 Å². The van der Waals surface area contributed by atoms with Crippen molar-refractivity contribution in [1.82, 2.24) is 30.0 Å². The fraction of sp³-hybridized carbons (Fsp3) is 0.0526. The smallest absolute Gasteiger partial charge is 0.178 e. The van der Waals surface area contributed by atoms with Crippen molar-refractivity contribution in [3.05, 3.63) is 71.6 Å². The maximum atomic E-state index is 6.04. The van der Waals surface area contributed by atoms with Gasteiger partial charge in [0.2, 0.25) is 0 Å². The Hall–Kier alpha value is -3.65. The van der Waals surface area contributed by atoms with Gasteiger partial charge >= 0.3 is 0 Å². The number of hydrogen-bond acceptors (Lipinski definition) is 6. The van der Waals surface area contributed by atoms with Crippen molar-refractivity contribution in [1.29, 1.82) is 0 Å². The summed E-state index contributed by atoms with van der Waals surface area (Å²) in [6, 6.07) is 17.2. The average molecular weight is 391 g/mol. The highest BCUT2D eigenvalue weighted by Gasteiger charge is 2.08. The highest BCUT2D eigenvalue weighted by Crippen LogP contribution is 2.20. The molecule has 0 fully saturated rings. The van der Waals surface area contributed by atoms with Gasteiger partial charge < -0.3 is 10.6 Å². The lowest BCUT2D eigenvalue weighted by molar-refractivity contribution is 0.832. The van der Waals surface area contributed by atoms with Crippen molar-refractivity contribution in [3.8, 4) is 0 Å². The van der Waals surface area contributed by atoms with Gasteiger partial charge in [-0.3, -0.25) is 5.10 Å². The van der Waals surface area contributed by atoms with Crippen LogP contribution in [0.1, 0.15) is 5.82 Å². The molecule has 138 valence electrons. The van der Waals surface area contributed by atoms with Gasteiger partial charge in [-0.25, -0.2) is 0 Å². The lowest BCUT2D eigenvalue weighted by Gasteiger charge is -2.08. The standard InChI is InChI=1S/C19H15ClN8/c20-13-2-1-3-15(9-13)23-17-6-7-18-25-26-19(28(18)27-17)11-21-14-4-5-16-12(8-14)10-22-24-16/h1-10,21H,11H2,(H,22,24)(H,23,27). The van der Waals surface area contributed by atoms with Crippen LogP contribution in [0, 0.1) is 0 Å². The van der Waals surface area contributed by atoms with Crippen LogP contribution in [-0.4, -0.2) is 30.0 Å². The van der Waals surface area contributed by atoms with Gasteiger partial charge in [0, 0.05) is 21.8 Å². The van der Waals surface area contributed by atoms with E-state index in [1.165, 1.54) is 0 Å². The molecular formula is C19H15ClN8. The summed E-state index contributed by atoms with van der Waals surface area (Å²) in [7, 11) is 0. The van der Waals surface area contributed by atoms with Crippen LogP contribution in [0.15, 0.2) is 60.8 Å². The SMILES string of the molecule is Clc1cccc(Nc2ccc3nnc(CNc4ccc5[nH]ncc5c4)n3n2)c1. The number of rotatable bonds is 5. The van der Waals surface area contributed by atoms with Gasteiger partial charge in [-0.05, 0) is 48.5 Å². The van der Waals surface area contributed by atoms with E-state index in [0.717, 1.165) is 22.3 Å². The third kappa shape index (κ3) is 3.21. The molecule has 0 saturated heterocycles. The molecule has 5 rings (SSSR count). The molecule has 5 aromatic rings. The number of halogens is 1. The number of aromatic amines is 1. The first-order valence-corrected chi connectivity index (χ1v) is 9.03. The minimum Gasteiger partial charge on any atom is -0.378 e. The Bertz CT molecular complexity index is 1280. The quantitative estimate of drug-likeness (QED) is 0.419. The van der Waals surface area contributed by atoms with Gasteiger partial charge in [0.05, 0.1) is 18.3 Å². The number of hydrogen-bond donors (Lipinski definition) is 3. The highest BCUT2D eigenvalue weighted by molar-refractivity contribution is 6.30. The second-order valence-electron chi connectivity index (χ2n) is 6.27. The van der Waals surface area contributed by atoms with E-state index in [1.807, 2.05) is 54.6 Å². The normalized spacial score (nSPS) is 11.2. The third-order valence-electron chi connectivity index (χ3n) is 4.32. The van der Waals surface area contributed by atoms with Gasteiger partial charge in [0.25, 0.3) is 0 Å². The number of nitrogens with one attached hydrogen (secondary N) is 3. The Labute approximate surface area is 164 Å². The summed E-state index contributed by atoms with van der Waals surface area (Å²) in [6.07, 6.45) is 1.79. The van der Waals surface area contributed by atoms with Crippen LogP contribution in [0.4, 0.5) is 17.2 Å². The first kappa shape index (κ1) is 16.5. The van der Waals surface area contributed by atoms with Crippen LogP contribution in [0.25, 0.3) is 16.6 Å². The van der Waals surface area contributed by atoms with Crippen molar-refractivity contribution >= 4 is 45.3 Å². The molecule has 3 heterocycles. The first-order chi connectivity index (χ1) is 13.7. The molecule has 0 saturated carbocycles. The molecule has 8 nitrogen and oxygen atoms in total. The summed E-state index contributed by atoms with van der Waals surface area (Å²) in [5.41, 5.74) is 3.51. The largest absolute Gasteiger partial charge is 0.378 e. The predicted molar refractivity (Wildman–Crippen MR) is 109 cm³/mol. The zero-order valence-corrected chi connectivity index (χ0v) is 15.4. The van der Waals surface area contributed by atoms with Gasteiger partial charge in [0.1, 0.15) is 0 Å². The van der Waals surface area contributed by atoms with Crippen LogP contribution >= 0.6 is 11.6 Å². The number of benzene rings is 2. The summed E-state index contributed by atoms with van der Waals surface area (Å²) < 4.78 is 1.72. The zero-order valence-electron chi connectivity index (χ0n) is 14.6. The minimum atomic E-state index is 0.484. The fourth-order valence-corrected chi connectivity index (χ4v) is 3.15. The van der Waals surface area contributed by atoms with Gasteiger partial charge in [-0.15, -0.1) is 15.3 Å². The number of H-pyrrole nitrogens is 1. The van der Waals surface area contributed by atoms with Crippen molar-refractivity contribution < 1.29 is 0 Å². The van der Waals surface area contributed by atoms with E-state index in [9.17, 15) is 0 Å². The second-order valence-corrected chi connectivity index (χ2v) is 6.70. The van der Waals surface area contributed by atoms with Crippen LogP contribution in [0.5, 0.6) is 0 Å². The van der Waals surface area contributed by atoms with Crippen molar-refractivity contribution in [2.45, 2.75) is 6.54 Å². The van der Waals surface area contributed by atoms with E-state index in [2.05, 4.69) is 36.1 Å². The summed E-state index contributed by atoms with van der Waals surface area (Å²) in [5, 5.41) is 28.3. The fourth-order valence-electron chi connectivity index (χ4n) is 2.96. The van der Waals surface area contributed by atoms with E-state index in [0.29, 0.717) is 28.9 Å². The topological polar surface area (TPSA) is 95.8 Å². The Balaban J connectivity index is 1.38. The second kappa shape index (κ2) is 6.82. The minimum absolute atomic E-state index is 0.484. The molecule has 0 spiro atoms. The molecular weight excluding hydrogens is 376 g/mol. The monoisotopic (exact) mass is 390 g/mol. The first-order valence-electron chi connectivity index (χ1n) is 8.65. The maximum absolute atomic E-state index is 6.04. The summed E-state index contributed by atoms with van der Waals surface area (Å²) >= 11 is 6.04. The molecule has 0 bridgehead atoms. The van der Waals surface area contributed by atoms with Crippen molar-refractivity contribution in [3.63, 3.8) is 0 Å². The molecule has 0 aliphatic heterocycles. The molecule has 0 aliphatic carbocycles. The Morgan fingerprint density at radius 3 is 2.89 bits per heavy atom. The average Bonchev–Trinajstić information content (AvgIpc) is 3.32. The molecule has 0 aliphatic rings. The van der Waals surface area contributed by atoms with E-state index in [1.54, 1.807) is 10.7 Å². The van der Waals surface area contributed by atoms with Crippen LogP contribution in [0.3, 0.4) is 0 Å². The van der Waals surface area contributed by atoms with E-state index >= 15 is 0 Å². The molecule has 28 heavy (non-hydrogen) atoms. The number of fused-ring (bicyclic) bond motifs is 2. The lowest BCUT2D eigenvalue weighted by Crippen LogP contribution is -2.07. The van der Waals surface area contributed by atoms with Gasteiger partial charge in [-0.2, -0.15) is 9.61 Å². The molecule has 3 aromatic heterocycles. The van der Waals surface area contributed by atoms with E-state index in [4.69, 9.17) is 11.6 Å². The van der Waals surface area contributed by atoms with Crippen molar-refractivity contribution in [2.75, 3.05) is 10.6 Å².